The fraction of sp³-hybridized carbons (Fsp3) is 1.00. The molecule has 0 atom stereocenters. The summed E-state index contributed by atoms with van der Waals surface area (Å²) in [6.07, 6.45) is 1.82. The van der Waals surface area contributed by atoms with Crippen LogP contribution in [0.2, 0.25) is 0 Å². The summed E-state index contributed by atoms with van der Waals surface area (Å²) < 4.78 is 25.5. The van der Waals surface area contributed by atoms with E-state index in [-0.39, 0.29) is 0 Å². The molecule has 1 saturated heterocycles. The van der Waals surface area contributed by atoms with Crippen LogP contribution in [-0.4, -0.2) is 37.6 Å². The molecule has 0 aromatic rings. The smallest absolute Gasteiger partial charge is 0.281 e. The highest BCUT2D eigenvalue weighted by Crippen LogP contribution is 2.10. The fourth-order valence-electron chi connectivity index (χ4n) is 1.10. The first-order chi connectivity index (χ1) is 5.17. The Bertz CT molecular complexity index is 208. The Kier molecular flexibility index (Phi) is 2.83. The third kappa shape index (κ3) is 2.13. The normalized spacial score (nSPS) is 20.8. The minimum Gasteiger partial charge on any atom is -0.380 e. The number of rotatable bonds is 3. The second kappa shape index (κ2) is 3.48. The van der Waals surface area contributed by atoms with E-state index in [0.717, 1.165) is 12.8 Å². The van der Waals surface area contributed by atoms with E-state index in [2.05, 4.69) is 0 Å². The van der Waals surface area contributed by atoms with Crippen molar-refractivity contribution in [3.8, 4) is 0 Å². The quantitative estimate of drug-likeness (QED) is 0.540. The van der Waals surface area contributed by atoms with Crippen LogP contribution in [0.5, 0.6) is 0 Å². The van der Waals surface area contributed by atoms with Crippen LogP contribution in [0.1, 0.15) is 12.8 Å². The van der Waals surface area contributed by atoms with Crippen LogP contribution in [0.3, 0.4) is 0 Å². The van der Waals surface area contributed by atoms with Gasteiger partial charge in [0.1, 0.15) is 6.73 Å². The van der Waals surface area contributed by atoms with Gasteiger partial charge in [0.25, 0.3) is 10.2 Å². The summed E-state index contributed by atoms with van der Waals surface area (Å²) in [5.41, 5.74) is 0. The number of hydrogen-bond acceptors (Lipinski definition) is 3. The highest BCUT2D eigenvalue weighted by atomic mass is 32.2. The van der Waals surface area contributed by atoms with Crippen LogP contribution in [0.15, 0.2) is 0 Å². The van der Waals surface area contributed by atoms with Gasteiger partial charge in [0, 0.05) is 13.1 Å². The molecule has 11 heavy (non-hydrogen) atoms. The summed E-state index contributed by atoms with van der Waals surface area (Å²) >= 11 is 0. The molecule has 0 bridgehead atoms. The molecule has 0 saturated carbocycles. The van der Waals surface area contributed by atoms with E-state index >= 15 is 0 Å². The third-order valence-electron chi connectivity index (χ3n) is 1.65. The SMILES string of the molecule is O=S(=O)(NCO)N1CCCC1. The summed E-state index contributed by atoms with van der Waals surface area (Å²) in [6, 6.07) is 0. The summed E-state index contributed by atoms with van der Waals surface area (Å²) in [7, 11) is -3.38. The minimum absolute atomic E-state index is 0.529. The molecular formula is C5H12N2O3S. The molecule has 6 heteroatoms. The average molecular weight is 180 g/mol. The van der Waals surface area contributed by atoms with E-state index in [9.17, 15) is 8.42 Å². The van der Waals surface area contributed by atoms with Crippen LogP contribution in [0.4, 0.5) is 0 Å². The Labute approximate surface area is 66.2 Å². The van der Waals surface area contributed by atoms with Gasteiger partial charge in [-0.2, -0.15) is 17.4 Å². The van der Waals surface area contributed by atoms with Gasteiger partial charge in [0.05, 0.1) is 0 Å². The minimum atomic E-state index is -3.38. The van der Waals surface area contributed by atoms with Crippen molar-refractivity contribution in [3.05, 3.63) is 0 Å². The standard InChI is InChI=1S/C5H12N2O3S/c8-5-6-11(9,10)7-3-1-2-4-7/h6,8H,1-5H2. The molecule has 1 aliphatic rings. The zero-order valence-electron chi connectivity index (χ0n) is 6.15. The Hall–Kier alpha value is -0.170. The molecule has 0 radical (unpaired) electrons. The molecular weight excluding hydrogens is 168 g/mol. The Morgan fingerprint density at radius 1 is 1.36 bits per heavy atom. The van der Waals surface area contributed by atoms with Crippen molar-refractivity contribution in [3.63, 3.8) is 0 Å². The van der Waals surface area contributed by atoms with Gasteiger partial charge in [0.15, 0.2) is 0 Å². The molecule has 5 nitrogen and oxygen atoms in total. The lowest BCUT2D eigenvalue weighted by Gasteiger charge is -2.14. The maximum Gasteiger partial charge on any atom is 0.281 e. The molecule has 1 rings (SSSR count). The van der Waals surface area contributed by atoms with Crippen molar-refractivity contribution >= 4 is 10.2 Å². The van der Waals surface area contributed by atoms with Crippen LogP contribution in [0, 0.1) is 0 Å². The highest BCUT2D eigenvalue weighted by Gasteiger charge is 2.23. The van der Waals surface area contributed by atoms with Crippen molar-refractivity contribution in [2.45, 2.75) is 12.8 Å². The zero-order chi connectivity index (χ0) is 8.32. The maximum atomic E-state index is 11.1. The van der Waals surface area contributed by atoms with E-state index in [1.807, 2.05) is 4.72 Å². The van der Waals surface area contributed by atoms with E-state index in [1.54, 1.807) is 0 Å². The number of nitrogens with one attached hydrogen (secondary N) is 1. The van der Waals surface area contributed by atoms with Gasteiger partial charge in [0.2, 0.25) is 0 Å². The lowest BCUT2D eigenvalue weighted by molar-refractivity contribution is 0.283. The molecule has 0 amide bonds. The van der Waals surface area contributed by atoms with Gasteiger partial charge in [-0.15, -0.1) is 0 Å². The predicted molar refractivity (Wildman–Crippen MR) is 39.9 cm³/mol. The van der Waals surface area contributed by atoms with Crippen LogP contribution in [-0.2, 0) is 10.2 Å². The second-order valence-corrected chi connectivity index (χ2v) is 4.17. The van der Waals surface area contributed by atoms with E-state index in [1.165, 1.54) is 4.31 Å². The van der Waals surface area contributed by atoms with Gasteiger partial charge in [-0.1, -0.05) is 0 Å². The monoisotopic (exact) mass is 180 g/mol. The Morgan fingerprint density at radius 2 is 1.91 bits per heavy atom. The molecule has 1 fully saturated rings. The molecule has 0 aromatic carbocycles. The number of hydrogen-bond donors (Lipinski definition) is 2. The third-order valence-corrected chi connectivity index (χ3v) is 3.19. The van der Waals surface area contributed by atoms with Crippen LogP contribution >= 0.6 is 0 Å². The topological polar surface area (TPSA) is 69.6 Å². The number of aliphatic hydroxyl groups is 1. The summed E-state index contributed by atoms with van der Waals surface area (Å²) in [5, 5.41) is 8.35. The van der Waals surface area contributed by atoms with E-state index in [4.69, 9.17) is 5.11 Å². The molecule has 0 aromatic heterocycles. The van der Waals surface area contributed by atoms with Crippen LogP contribution < -0.4 is 4.72 Å². The lowest BCUT2D eigenvalue weighted by Crippen LogP contribution is -2.39. The first-order valence-electron chi connectivity index (χ1n) is 3.52. The fourth-order valence-corrected chi connectivity index (χ4v) is 2.19. The number of aliphatic hydroxyl groups excluding tert-OH is 1. The van der Waals surface area contributed by atoms with Crippen molar-refractivity contribution < 1.29 is 13.5 Å². The Balaban J connectivity index is 2.56. The van der Waals surface area contributed by atoms with Crippen molar-refractivity contribution in [1.82, 2.24) is 9.03 Å². The second-order valence-electron chi connectivity index (χ2n) is 2.41. The van der Waals surface area contributed by atoms with Crippen molar-refractivity contribution in [2.24, 2.45) is 0 Å². The molecule has 0 aliphatic carbocycles. The summed E-state index contributed by atoms with van der Waals surface area (Å²) in [6.45, 7) is 0.601. The molecule has 1 heterocycles. The van der Waals surface area contributed by atoms with Gasteiger partial charge in [-0.3, -0.25) is 0 Å². The zero-order valence-corrected chi connectivity index (χ0v) is 6.97. The summed E-state index contributed by atoms with van der Waals surface area (Å²) in [5.74, 6) is 0. The van der Waals surface area contributed by atoms with Gasteiger partial charge in [-0.05, 0) is 12.8 Å². The molecule has 2 N–H and O–H groups in total. The average Bonchev–Trinajstić information content (AvgIpc) is 2.37. The van der Waals surface area contributed by atoms with E-state index < -0.39 is 16.9 Å². The van der Waals surface area contributed by atoms with Gasteiger partial charge >= 0.3 is 0 Å². The lowest BCUT2D eigenvalue weighted by atomic mass is 10.4. The van der Waals surface area contributed by atoms with Gasteiger partial charge in [-0.25, -0.2) is 0 Å². The number of nitrogens with zero attached hydrogens (tertiary/aromatic N) is 1. The predicted octanol–water partition coefficient (Wildman–Crippen LogP) is -1.13. The molecule has 1 aliphatic heterocycles. The highest BCUT2D eigenvalue weighted by molar-refractivity contribution is 7.87. The van der Waals surface area contributed by atoms with Crippen molar-refractivity contribution in [1.29, 1.82) is 0 Å². The Morgan fingerprint density at radius 3 is 2.36 bits per heavy atom. The van der Waals surface area contributed by atoms with Crippen molar-refractivity contribution in [2.75, 3.05) is 19.8 Å². The van der Waals surface area contributed by atoms with Gasteiger partial charge < -0.3 is 5.11 Å². The van der Waals surface area contributed by atoms with Crippen LogP contribution in [0.25, 0.3) is 0 Å². The first kappa shape index (κ1) is 8.92. The molecule has 0 unspecified atom stereocenters. The molecule has 0 spiro atoms. The molecule has 66 valence electrons. The summed E-state index contributed by atoms with van der Waals surface area (Å²) in [4.78, 5) is 0. The largest absolute Gasteiger partial charge is 0.380 e. The maximum absolute atomic E-state index is 11.1. The first-order valence-corrected chi connectivity index (χ1v) is 4.96. The van der Waals surface area contributed by atoms with E-state index in [0.29, 0.717) is 13.1 Å².